The maximum absolute atomic E-state index is 6.15. The summed E-state index contributed by atoms with van der Waals surface area (Å²) in [7, 11) is 1.65. The van der Waals surface area contributed by atoms with E-state index in [9.17, 15) is 0 Å². The molecule has 0 spiro atoms. The first-order chi connectivity index (χ1) is 15.2. The van der Waals surface area contributed by atoms with Crippen molar-refractivity contribution in [1.29, 1.82) is 0 Å². The third-order valence-electron chi connectivity index (χ3n) is 5.04. The highest BCUT2D eigenvalue weighted by Gasteiger charge is 2.15. The van der Waals surface area contributed by atoms with E-state index in [0.29, 0.717) is 5.82 Å². The van der Waals surface area contributed by atoms with Crippen LogP contribution in [-0.4, -0.2) is 22.3 Å². The van der Waals surface area contributed by atoms with Crippen LogP contribution in [0.3, 0.4) is 0 Å². The van der Waals surface area contributed by atoms with Crippen LogP contribution in [-0.2, 0) is 0 Å². The van der Waals surface area contributed by atoms with Crippen LogP contribution in [0.25, 0.3) is 33.4 Å². The number of methoxy groups -OCH3 is 1. The lowest BCUT2D eigenvalue weighted by Gasteiger charge is -2.10. The lowest BCUT2D eigenvalue weighted by molar-refractivity contribution is 0.415. The number of nitrogens with zero attached hydrogens (tertiary/aromatic N) is 2. The number of nitrogens with one attached hydrogen (secondary N) is 1. The molecule has 2 aromatic heterocycles. The van der Waals surface area contributed by atoms with Gasteiger partial charge in [0.1, 0.15) is 17.2 Å². The molecule has 0 atom stereocenters. The predicted molar refractivity (Wildman–Crippen MR) is 122 cm³/mol. The van der Waals surface area contributed by atoms with Gasteiger partial charge in [-0.1, -0.05) is 30.3 Å². The molecule has 3 N–H and O–H groups in total. The molecule has 0 amide bonds. The van der Waals surface area contributed by atoms with Gasteiger partial charge in [-0.2, -0.15) is 5.10 Å². The number of hydrogen-bond acceptors (Lipinski definition) is 5. The van der Waals surface area contributed by atoms with Gasteiger partial charge in [-0.15, -0.1) is 0 Å². The Bertz CT molecular complexity index is 1350. The van der Waals surface area contributed by atoms with E-state index in [4.69, 9.17) is 20.2 Å². The molecule has 31 heavy (non-hydrogen) atoms. The monoisotopic (exact) mass is 408 g/mol. The topological polar surface area (TPSA) is 86.0 Å². The number of pyridine rings is 1. The average molecular weight is 408 g/mol. The number of rotatable bonds is 5. The molecule has 0 bridgehead atoms. The molecule has 152 valence electrons. The van der Waals surface area contributed by atoms with Crippen LogP contribution in [0.15, 0.2) is 84.9 Å². The van der Waals surface area contributed by atoms with Gasteiger partial charge in [-0.3, -0.25) is 5.10 Å². The largest absolute Gasteiger partial charge is 0.497 e. The van der Waals surface area contributed by atoms with Gasteiger partial charge in [-0.05, 0) is 54.6 Å². The van der Waals surface area contributed by atoms with Crippen molar-refractivity contribution >= 4 is 16.7 Å². The molecular weight excluding hydrogens is 388 g/mol. The van der Waals surface area contributed by atoms with Gasteiger partial charge < -0.3 is 15.2 Å². The van der Waals surface area contributed by atoms with Gasteiger partial charge >= 0.3 is 0 Å². The van der Waals surface area contributed by atoms with E-state index in [2.05, 4.69) is 10.2 Å². The Morgan fingerprint density at radius 3 is 2.29 bits per heavy atom. The van der Waals surface area contributed by atoms with Crippen molar-refractivity contribution in [2.45, 2.75) is 0 Å². The van der Waals surface area contributed by atoms with Crippen LogP contribution in [0.2, 0.25) is 0 Å². The van der Waals surface area contributed by atoms with Gasteiger partial charge in [0.05, 0.1) is 29.4 Å². The fourth-order valence-electron chi connectivity index (χ4n) is 3.51. The fourth-order valence-corrected chi connectivity index (χ4v) is 3.51. The van der Waals surface area contributed by atoms with E-state index >= 15 is 0 Å². The molecule has 2 heterocycles. The predicted octanol–water partition coefficient (Wildman–Crippen LogP) is 5.68. The Morgan fingerprint density at radius 2 is 1.52 bits per heavy atom. The van der Waals surface area contributed by atoms with Crippen LogP contribution >= 0.6 is 0 Å². The van der Waals surface area contributed by atoms with Crippen LogP contribution in [0.1, 0.15) is 0 Å². The van der Waals surface area contributed by atoms with E-state index in [1.165, 1.54) is 0 Å². The minimum absolute atomic E-state index is 0.416. The van der Waals surface area contributed by atoms with Gasteiger partial charge in [0.15, 0.2) is 5.82 Å². The summed E-state index contributed by atoms with van der Waals surface area (Å²) in [6, 6.07) is 27.2. The quantitative estimate of drug-likeness (QED) is 0.391. The Hall–Kier alpha value is -4.32. The molecule has 0 aliphatic rings. The Morgan fingerprint density at radius 1 is 0.774 bits per heavy atom. The number of nitrogen functional groups attached to an aromatic ring is 1. The second-order valence-corrected chi connectivity index (χ2v) is 7.06. The zero-order chi connectivity index (χ0) is 21.2. The van der Waals surface area contributed by atoms with Crippen LogP contribution in [0.4, 0.5) is 5.82 Å². The SMILES string of the molecule is COc1cccc(-c2cc3[nH]nc(N)c3c(-c3ccc(Oc4ccccc4)cc3)n2)c1. The first-order valence-corrected chi connectivity index (χ1v) is 9.83. The standard InChI is InChI=1S/C25H20N4O2/c1-30-20-9-5-6-17(14-20)21-15-22-23(25(26)29-28-22)24(27-21)16-10-12-19(13-11-16)31-18-7-3-2-4-8-18/h2-15H,1H3,(H3,26,28,29). The summed E-state index contributed by atoms with van der Waals surface area (Å²) in [6.07, 6.45) is 0. The molecule has 3 aromatic carbocycles. The van der Waals surface area contributed by atoms with Gasteiger partial charge in [0, 0.05) is 11.1 Å². The van der Waals surface area contributed by atoms with Crippen molar-refractivity contribution in [2.75, 3.05) is 12.8 Å². The van der Waals surface area contributed by atoms with Crippen molar-refractivity contribution < 1.29 is 9.47 Å². The zero-order valence-corrected chi connectivity index (χ0v) is 16.9. The first-order valence-electron chi connectivity index (χ1n) is 9.83. The van der Waals surface area contributed by atoms with E-state index in [1.807, 2.05) is 84.9 Å². The molecule has 6 nitrogen and oxygen atoms in total. The first kappa shape index (κ1) is 18.7. The number of para-hydroxylation sites is 1. The van der Waals surface area contributed by atoms with Gasteiger partial charge in [-0.25, -0.2) is 4.98 Å². The highest BCUT2D eigenvalue weighted by molar-refractivity contribution is 6.01. The number of benzene rings is 3. The molecule has 0 aliphatic carbocycles. The Kier molecular flexibility index (Phi) is 4.72. The van der Waals surface area contributed by atoms with E-state index in [0.717, 1.165) is 50.7 Å². The number of nitrogens with two attached hydrogens (primary N) is 1. The summed E-state index contributed by atoms with van der Waals surface area (Å²) < 4.78 is 11.3. The fraction of sp³-hybridized carbons (Fsp3) is 0.0400. The Balaban J connectivity index is 1.57. The number of hydrogen-bond donors (Lipinski definition) is 2. The maximum Gasteiger partial charge on any atom is 0.155 e. The minimum atomic E-state index is 0.416. The second kappa shape index (κ2) is 7.84. The number of H-pyrrole nitrogens is 1. The van der Waals surface area contributed by atoms with Crippen molar-refractivity contribution in [3.63, 3.8) is 0 Å². The number of fused-ring (bicyclic) bond motifs is 1. The zero-order valence-electron chi connectivity index (χ0n) is 16.9. The summed E-state index contributed by atoms with van der Waals surface area (Å²) in [5, 5.41) is 7.99. The lowest BCUT2D eigenvalue weighted by atomic mass is 10.0. The van der Waals surface area contributed by atoms with Crippen LogP contribution in [0.5, 0.6) is 17.2 Å². The average Bonchev–Trinajstić information content (AvgIpc) is 3.20. The molecule has 0 fully saturated rings. The summed E-state index contributed by atoms with van der Waals surface area (Å²) >= 11 is 0. The van der Waals surface area contributed by atoms with E-state index in [1.54, 1.807) is 7.11 Å². The second-order valence-electron chi connectivity index (χ2n) is 7.06. The molecule has 0 saturated carbocycles. The summed E-state index contributed by atoms with van der Waals surface area (Å²) in [5.41, 5.74) is 10.4. The number of anilines is 1. The molecule has 0 aliphatic heterocycles. The Labute approximate surface area is 179 Å². The molecule has 0 unspecified atom stereocenters. The number of aromatic amines is 1. The third-order valence-corrected chi connectivity index (χ3v) is 5.04. The molecule has 5 aromatic rings. The van der Waals surface area contributed by atoms with Crippen LogP contribution < -0.4 is 15.2 Å². The van der Waals surface area contributed by atoms with Crippen molar-refractivity contribution in [2.24, 2.45) is 0 Å². The van der Waals surface area contributed by atoms with Crippen molar-refractivity contribution in [3.8, 4) is 39.8 Å². The van der Waals surface area contributed by atoms with Gasteiger partial charge in [0.25, 0.3) is 0 Å². The number of ether oxygens (including phenoxy) is 2. The summed E-state index contributed by atoms with van der Waals surface area (Å²) in [5.74, 6) is 2.72. The molecular formula is C25H20N4O2. The third kappa shape index (κ3) is 3.67. The van der Waals surface area contributed by atoms with Crippen molar-refractivity contribution in [3.05, 3.63) is 84.9 Å². The lowest BCUT2D eigenvalue weighted by Crippen LogP contribution is -1.93. The van der Waals surface area contributed by atoms with Gasteiger partial charge in [0.2, 0.25) is 0 Å². The molecule has 0 saturated heterocycles. The normalized spacial score (nSPS) is 10.9. The number of aromatic nitrogens is 3. The summed E-state index contributed by atoms with van der Waals surface area (Å²) in [6.45, 7) is 0. The minimum Gasteiger partial charge on any atom is -0.497 e. The van der Waals surface area contributed by atoms with E-state index < -0.39 is 0 Å². The summed E-state index contributed by atoms with van der Waals surface area (Å²) in [4.78, 5) is 4.93. The van der Waals surface area contributed by atoms with Crippen molar-refractivity contribution in [1.82, 2.24) is 15.2 Å². The highest BCUT2D eigenvalue weighted by atomic mass is 16.5. The maximum atomic E-state index is 6.15. The van der Waals surface area contributed by atoms with E-state index in [-0.39, 0.29) is 0 Å². The smallest absolute Gasteiger partial charge is 0.155 e. The molecule has 5 rings (SSSR count). The molecule has 6 heteroatoms. The van der Waals surface area contributed by atoms with Crippen LogP contribution in [0, 0.1) is 0 Å². The molecule has 0 radical (unpaired) electrons. The highest BCUT2D eigenvalue weighted by Crippen LogP contribution is 2.35.